The van der Waals surface area contributed by atoms with Gasteiger partial charge >= 0.3 is 0 Å². The van der Waals surface area contributed by atoms with E-state index in [2.05, 4.69) is 26.8 Å². The SMILES string of the molecule is CC(C)(C)c1ccc2c(c1)CCC1N(C(=O)C3CCCCC3)CCC21S(=O)(=O)c1cccc(F)c1.O=CO. The van der Waals surface area contributed by atoms with Crippen molar-refractivity contribution in [1.82, 2.24) is 4.90 Å². The van der Waals surface area contributed by atoms with Crippen molar-refractivity contribution in [3.63, 3.8) is 0 Å². The second kappa shape index (κ2) is 10.8. The van der Waals surface area contributed by atoms with Crippen LogP contribution in [0.25, 0.3) is 0 Å². The van der Waals surface area contributed by atoms with Gasteiger partial charge in [0, 0.05) is 12.5 Å². The standard InChI is InChI=1S/C29H36FNO3S.CH2O2/c1-28(2,3)22-13-14-25-21(18-22)12-15-26-29(25,35(33,34)24-11-7-10-23(30)19-24)16-17-31(26)27(32)20-8-5-4-6-9-20;2-1-3/h7,10-11,13-14,18-20,26H,4-6,8-9,12,15-17H2,1-3H3;1H,(H,2,3). The lowest BCUT2D eigenvalue weighted by molar-refractivity contribution is -0.137. The van der Waals surface area contributed by atoms with Gasteiger partial charge in [-0.1, -0.05) is 64.3 Å². The molecule has 2 atom stereocenters. The number of likely N-dealkylation sites (tertiary alicyclic amines) is 1. The molecule has 1 amide bonds. The molecular formula is C30H38FNO5S. The minimum atomic E-state index is -3.98. The highest BCUT2D eigenvalue weighted by Crippen LogP contribution is 2.53. The highest BCUT2D eigenvalue weighted by atomic mass is 32.2. The van der Waals surface area contributed by atoms with E-state index in [0.717, 1.165) is 55.7 Å². The van der Waals surface area contributed by atoms with Crippen LogP contribution < -0.4 is 0 Å². The number of hydrogen-bond acceptors (Lipinski definition) is 4. The molecule has 0 bridgehead atoms. The smallest absolute Gasteiger partial charge is 0.290 e. The van der Waals surface area contributed by atoms with E-state index in [0.29, 0.717) is 19.4 Å². The Morgan fingerprint density at radius 2 is 1.76 bits per heavy atom. The number of fused-ring (bicyclic) bond motifs is 3. The van der Waals surface area contributed by atoms with Crippen molar-refractivity contribution < 1.29 is 27.5 Å². The van der Waals surface area contributed by atoms with Crippen LogP contribution in [-0.2, 0) is 36.0 Å². The highest BCUT2D eigenvalue weighted by Gasteiger charge is 2.61. The molecule has 1 N–H and O–H groups in total. The summed E-state index contributed by atoms with van der Waals surface area (Å²) in [6.07, 6.45) is 6.73. The van der Waals surface area contributed by atoms with Gasteiger partial charge in [0.1, 0.15) is 10.6 Å². The first-order valence-electron chi connectivity index (χ1n) is 13.5. The molecule has 1 saturated heterocycles. The van der Waals surface area contributed by atoms with Crippen molar-refractivity contribution in [2.45, 2.75) is 93.2 Å². The van der Waals surface area contributed by atoms with Crippen LogP contribution in [0.15, 0.2) is 47.4 Å². The lowest BCUT2D eigenvalue weighted by Gasteiger charge is -2.43. The van der Waals surface area contributed by atoms with Gasteiger partial charge in [-0.2, -0.15) is 0 Å². The topological polar surface area (TPSA) is 91.8 Å². The molecule has 8 heteroatoms. The van der Waals surface area contributed by atoms with E-state index in [1.165, 1.54) is 23.8 Å². The van der Waals surface area contributed by atoms with Gasteiger partial charge in [0.25, 0.3) is 6.47 Å². The summed E-state index contributed by atoms with van der Waals surface area (Å²) in [6.45, 7) is 6.63. The van der Waals surface area contributed by atoms with Crippen LogP contribution >= 0.6 is 0 Å². The van der Waals surface area contributed by atoms with Crippen LogP contribution in [0.5, 0.6) is 0 Å². The van der Waals surface area contributed by atoms with Crippen molar-refractivity contribution in [3.8, 4) is 0 Å². The van der Waals surface area contributed by atoms with Gasteiger partial charge in [0.05, 0.1) is 10.9 Å². The third kappa shape index (κ3) is 4.88. The first-order chi connectivity index (χ1) is 18.0. The van der Waals surface area contributed by atoms with Gasteiger partial charge in [0.15, 0.2) is 9.84 Å². The van der Waals surface area contributed by atoms with E-state index in [9.17, 15) is 17.6 Å². The van der Waals surface area contributed by atoms with Crippen molar-refractivity contribution >= 4 is 22.2 Å². The molecule has 38 heavy (non-hydrogen) atoms. The second-order valence-corrected chi connectivity index (χ2v) is 14.0. The minimum absolute atomic E-state index is 0.00205. The molecule has 0 aromatic heterocycles. The quantitative estimate of drug-likeness (QED) is 0.508. The first-order valence-corrected chi connectivity index (χ1v) is 15.0. The number of carboxylic acid groups (broad SMARTS) is 1. The monoisotopic (exact) mass is 543 g/mol. The number of sulfone groups is 1. The van der Waals surface area contributed by atoms with Crippen LogP contribution in [0.4, 0.5) is 4.39 Å². The normalized spacial score (nSPS) is 23.6. The molecule has 0 spiro atoms. The molecule has 2 aromatic carbocycles. The molecule has 0 radical (unpaired) electrons. The predicted molar refractivity (Wildman–Crippen MR) is 144 cm³/mol. The van der Waals surface area contributed by atoms with E-state index in [-0.39, 0.29) is 28.6 Å². The van der Waals surface area contributed by atoms with Gasteiger partial charge in [0.2, 0.25) is 5.91 Å². The number of hydrogen-bond donors (Lipinski definition) is 1. The summed E-state index contributed by atoms with van der Waals surface area (Å²) in [6, 6.07) is 11.1. The van der Waals surface area contributed by atoms with E-state index in [1.54, 1.807) is 0 Å². The van der Waals surface area contributed by atoms with Crippen molar-refractivity contribution in [3.05, 3.63) is 65.0 Å². The second-order valence-electron chi connectivity index (χ2n) is 11.7. The number of benzene rings is 2. The first kappa shape index (κ1) is 28.3. The summed E-state index contributed by atoms with van der Waals surface area (Å²) in [5.41, 5.74) is 2.95. The fourth-order valence-corrected chi connectivity index (χ4v) is 9.08. The zero-order chi connectivity index (χ0) is 27.7. The molecule has 2 aliphatic carbocycles. The molecule has 2 unspecified atom stereocenters. The van der Waals surface area contributed by atoms with Gasteiger partial charge in [-0.05, 0) is 72.4 Å². The Morgan fingerprint density at radius 1 is 1.08 bits per heavy atom. The Morgan fingerprint density at radius 3 is 2.39 bits per heavy atom. The molecule has 5 rings (SSSR count). The predicted octanol–water partition coefficient (Wildman–Crippen LogP) is 5.62. The van der Waals surface area contributed by atoms with E-state index in [4.69, 9.17) is 9.90 Å². The Labute approximate surface area is 225 Å². The summed E-state index contributed by atoms with van der Waals surface area (Å²) in [5, 5.41) is 6.89. The van der Waals surface area contributed by atoms with Gasteiger partial charge in [-0.25, -0.2) is 12.8 Å². The van der Waals surface area contributed by atoms with Crippen LogP contribution in [0.3, 0.4) is 0 Å². The number of halogens is 1. The van der Waals surface area contributed by atoms with E-state index in [1.807, 2.05) is 17.0 Å². The van der Waals surface area contributed by atoms with Crippen LogP contribution in [0.2, 0.25) is 0 Å². The number of carbonyl (C=O) groups is 2. The van der Waals surface area contributed by atoms with Crippen molar-refractivity contribution in [1.29, 1.82) is 0 Å². The Hall–Kier alpha value is -2.74. The van der Waals surface area contributed by atoms with Gasteiger partial charge in [-0.3, -0.25) is 9.59 Å². The maximum atomic E-state index is 14.4. The maximum Gasteiger partial charge on any atom is 0.290 e. The molecule has 2 fully saturated rings. The number of carbonyl (C=O) groups excluding carboxylic acids is 1. The molecular weight excluding hydrogens is 505 g/mol. The summed E-state index contributed by atoms with van der Waals surface area (Å²) in [4.78, 5) is 23.9. The number of nitrogens with zero attached hydrogens (tertiary/aromatic N) is 1. The van der Waals surface area contributed by atoms with E-state index >= 15 is 0 Å². The maximum absolute atomic E-state index is 14.4. The van der Waals surface area contributed by atoms with E-state index < -0.39 is 26.4 Å². The molecule has 3 aliphatic rings. The van der Waals surface area contributed by atoms with Crippen molar-refractivity contribution in [2.75, 3.05) is 6.54 Å². The number of aryl methyl sites for hydroxylation is 1. The highest BCUT2D eigenvalue weighted by molar-refractivity contribution is 7.92. The Balaban J connectivity index is 0.00000107. The largest absolute Gasteiger partial charge is 0.483 e. The molecule has 6 nitrogen and oxygen atoms in total. The van der Waals surface area contributed by atoms with Gasteiger partial charge in [-0.15, -0.1) is 0 Å². The molecule has 206 valence electrons. The van der Waals surface area contributed by atoms with Crippen LogP contribution in [-0.4, -0.2) is 43.4 Å². The molecule has 1 aliphatic heterocycles. The fraction of sp³-hybridized carbons (Fsp3) is 0.533. The summed E-state index contributed by atoms with van der Waals surface area (Å²) in [7, 11) is -3.98. The Kier molecular flexibility index (Phi) is 8.03. The average molecular weight is 544 g/mol. The van der Waals surface area contributed by atoms with Gasteiger partial charge < -0.3 is 10.0 Å². The van der Waals surface area contributed by atoms with Crippen LogP contribution in [0, 0.1) is 11.7 Å². The summed E-state index contributed by atoms with van der Waals surface area (Å²) in [5.74, 6) is -0.465. The molecule has 1 saturated carbocycles. The molecule has 1 heterocycles. The van der Waals surface area contributed by atoms with Crippen molar-refractivity contribution in [2.24, 2.45) is 5.92 Å². The summed E-state index contributed by atoms with van der Waals surface area (Å²) < 4.78 is 41.8. The van der Waals surface area contributed by atoms with Crippen LogP contribution in [0.1, 0.15) is 82.4 Å². The Bertz CT molecular complexity index is 1300. The fourth-order valence-electron chi connectivity index (χ4n) is 6.69. The minimum Gasteiger partial charge on any atom is -0.483 e. The average Bonchev–Trinajstić information content (AvgIpc) is 3.30. The zero-order valence-electron chi connectivity index (χ0n) is 22.5. The third-order valence-electron chi connectivity index (χ3n) is 8.58. The molecule has 2 aromatic rings. The zero-order valence-corrected chi connectivity index (χ0v) is 23.3. The number of amides is 1. The lowest BCUT2D eigenvalue weighted by Crippen LogP contribution is -2.53. The third-order valence-corrected chi connectivity index (χ3v) is 11.1. The summed E-state index contributed by atoms with van der Waals surface area (Å²) >= 11 is 0. The lowest BCUT2D eigenvalue weighted by atomic mass is 9.75. The number of rotatable bonds is 3.